The molecule has 1 aromatic heterocycles. The van der Waals surface area contributed by atoms with Gasteiger partial charge in [0.2, 0.25) is 0 Å². The molecule has 0 aromatic carbocycles. The first-order valence-electron chi connectivity index (χ1n) is 5.64. The van der Waals surface area contributed by atoms with Crippen LogP contribution in [0.4, 0.5) is 0 Å². The highest BCUT2D eigenvalue weighted by Crippen LogP contribution is 2.25. The number of oxime groups is 1. The van der Waals surface area contributed by atoms with Crippen molar-refractivity contribution in [2.24, 2.45) is 5.16 Å². The molecule has 0 fully saturated rings. The van der Waals surface area contributed by atoms with Gasteiger partial charge in [0, 0.05) is 17.0 Å². The predicted molar refractivity (Wildman–Crippen MR) is 62.4 cm³/mol. The molecule has 1 heterocycles. The van der Waals surface area contributed by atoms with E-state index < -0.39 is 0 Å². The SMILES string of the molecule is COC(=O)Cn1c(C)cc2c1CCC/C2=N\O. The first-order chi connectivity index (χ1) is 8.17. The number of esters is 1. The molecule has 0 spiro atoms. The summed E-state index contributed by atoms with van der Waals surface area (Å²) in [4.78, 5) is 11.3. The number of fused-ring (bicyclic) bond motifs is 1. The maximum Gasteiger partial charge on any atom is 0.325 e. The minimum atomic E-state index is -0.264. The number of ether oxygens (including phenoxy) is 1. The van der Waals surface area contributed by atoms with E-state index in [1.807, 2.05) is 17.6 Å². The van der Waals surface area contributed by atoms with E-state index >= 15 is 0 Å². The minimum Gasteiger partial charge on any atom is -0.468 e. The van der Waals surface area contributed by atoms with Crippen molar-refractivity contribution in [1.29, 1.82) is 0 Å². The molecule has 0 radical (unpaired) electrons. The van der Waals surface area contributed by atoms with Crippen LogP contribution in [-0.2, 0) is 22.5 Å². The number of aromatic nitrogens is 1. The second kappa shape index (κ2) is 4.61. The molecule has 1 aliphatic carbocycles. The Hall–Kier alpha value is -1.78. The van der Waals surface area contributed by atoms with Crippen LogP contribution in [0.1, 0.15) is 29.8 Å². The molecule has 0 bridgehead atoms. The number of hydrogen-bond acceptors (Lipinski definition) is 4. The van der Waals surface area contributed by atoms with Gasteiger partial charge in [-0.15, -0.1) is 0 Å². The van der Waals surface area contributed by atoms with E-state index in [4.69, 9.17) is 5.21 Å². The van der Waals surface area contributed by atoms with Crippen molar-refractivity contribution < 1.29 is 14.7 Å². The topological polar surface area (TPSA) is 63.8 Å². The molecule has 0 amide bonds. The van der Waals surface area contributed by atoms with Gasteiger partial charge < -0.3 is 14.5 Å². The summed E-state index contributed by atoms with van der Waals surface area (Å²) in [5.74, 6) is -0.264. The fourth-order valence-corrected chi connectivity index (χ4v) is 2.32. The summed E-state index contributed by atoms with van der Waals surface area (Å²) >= 11 is 0. The summed E-state index contributed by atoms with van der Waals surface area (Å²) in [6, 6.07) is 1.96. The third-order valence-electron chi connectivity index (χ3n) is 3.19. The highest BCUT2D eigenvalue weighted by molar-refractivity contribution is 6.02. The normalized spacial score (nSPS) is 16.9. The number of aryl methyl sites for hydroxylation is 1. The van der Waals surface area contributed by atoms with Gasteiger partial charge in [-0.25, -0.2) is 0 Å². The summed E-state index contributed by atoms with van der Waals surface area (Å²) in [7, 11) is 1.38. The van der Waals surface area contributed by atoms with Gasteiger partial charge in [0.25, 0.3) is 0 Å². The van der Waals surface area contributed by atoms with E-state index in [-0.39, 0.29) is 12.5 Å². The third kappa shape index (κ3) is 2.05. The average Bonchev–Trinajstić information content (AvgIpc) is 2.66. The van der Waals surface area contributed by atoms with Gasteiger partial charge in [-0.05, 0) is 32.3 Å². The fourth-order valence-electron chi connectivity index (χ4n) is 2.32. The van der Waals surface area contributed by atoms with E-state index in [0.29, 0.717) is 5.71 Å². The molecule has 0 atom stereocenters. The molecule has 0 unspecified atom stereocenters. The Labute approximate surface area is 99.7 Å². The molecule has 2 rings (SSSR count). The Morgan fingerprint density at radius 3 is 3.00 bits per heavy atom. The zero-order chi connectivity index (χ0) is 12.4. The molecule has 92 valence electrons. The highest BCUT2D eigenvalue weighted by atomic mass is 16.5. The summed E-state index contributed by atoms with van der Waals surface area (Å²) < 4.78 is 6.62. The number of hydrogen-bond donors (Lipinski definition) is 1. The molecule has 1 aromatic rings. The van der Waals surface area contributed by atoms with Crippen molar-refractivity contribution in [3.8, 4) is 0 Å². The van der Waals surface area contributed by atoms with E-state index in [2.05, 4.69) is 9.89 Å². The van der Waals surface area contributed by atoms with Crippen LogP contribution in [0.15, 0.2) is 11.2 Å². The Morgan fingerprint density at radius 1 is 1.59 bits per heavy atom. The Bertz CT molecular complexity index is 474. The van der Waals surface area contributed by atoms with Gasteiger partial charge in [0.05, 0.1) is 12.8 Å². The number of nitrogens with zero attached hydrogens (tertiary/aromatic N) is 2. The number of carbonyl (C=O) groups is 1. The molecular weight excluding hydrogens is 220 g/mol. The van der Waals surface area contributed by atoms with Crippen LogP contribution in [0.25, 0.3) is 0 Å². The van der Waals surface area contributed by atoms with E-state index in [1.54, 1.807) is 0 Å². The lowest BCUT2D eigenvalue weighted by Crippen LogP contribution is -2.18. The van der Waals surface area contributed by atoms with Crippen LogP contribution in [0.5, 0.6) is 0 Å². The molecule has 1 aliphatic rings. The lowest BCUT2D eigenvalue weighted by Gasteiger charge is -2.16. The zero-order valence-electron chi connectivity index (χ0n) is 10.1. The van der Waals surface area contributed by atoms with Crippen LogP contribution in [0.2, 0.25) is 0 Å². The van der Waals surface area contributed by atoms with Crippen molar-refractivity contribution in [2.75, 3.05) is 7.11 Å². The van der Waals surface area contributed by atoms with Gasteiger partial charge in [0.1, 0.15) is 6.54 Å². The van der Waals surface area contributed by atoms with Crippen molar-refractivity contribution in [2.45, 2.75) is 32.7 Å². The summed E-state index contributed by atoms with van der Waals surface area (Å²) in [5.41, 5.74) is 3.72. The van der Waals surface area contributed by atoms with Crippen LogP contribution >= 0.6 is 0 Å². The molecule has 5 nitrogen and oxygen atoms in total. The van der Waals surface area contributed by atoms with Crippen molar-refractivity contribution in [3.05, 3.63) is 23.0 Å². The smallest absolute Gasteiger partial charge is 0.325 e. The van der Waals surface area contributed by atoms with E-state index in [0.717, 1.165) is 36.2 Å². The fraction of sp³-hybridized carbons (Fsp3) is 0.500. The molecule has 0 saturated heterocycles. The van der Waals surface area contributed by atoms with Gasteiger partial charge >= 0.3 is 5.97 Å². The third-order valence-corrected chi connectivity index (χ3v) is 3.19. The second-order valence-corrected chi connectivity index (χ2v) is 4.21. The van der Waals surface area contributed by atoms with Crippen molar-refractivity contribution >= 4 is 11.7 Å². The lowest BCUT2D eigenvalue weighted by atomic mass is 9.96. The Balaban J connectivity index is 2.41. The van der Waals surface area contributed by atoms with Gasteiger partial charge in [-0.3, -0.25) is 4.79 Å². The standard InChI is InChI=1S/C12H16N2O3/c1-8-6-9-10(13-16)4-3-5-11(9)14(8)7-12(15)17-2/h6,16H,3-5,7H2,1-2H3/b13-10+. The van der Waals surface area contributed by atoms with Gasteiger partial charge in [-0.1, -0.05) is 5.16 Å². The maximum atomic E-state index is 11.3. The highest BCUT2D eigenvalue weighted by Gasteiger charge is 2.22. The van der Waals surface area contributed by atoms with Crippen LogP contribution in [-0.4, -0.2) is 28.6 Å². The lowest BCUT2D eigenvalue weighted by molar-refractivity contribution is -0.141. The first-order valence-corrected chi connectivity index (χ1v) is 5.64. The van der Waals surface area contributed by atoms with E-state index in [1.165, 1.54) is 7.11 Å². The Kier molecular flexibility index (Phi) is 3.17. The zero-order valence-corrected chi connectivity index (χ0v) is 10.1. The van der Waals surface area contributed by atoms with E-state index in [9.17, 15) is 4.79 Å². The van der Waals surface area contributed by atoms with Crippen LogP contribution in [0, 0.1) is 6.92 Å². The molecule has 1 N–H and O–H groups in total. The number of methoxy groups -OCH3 is 1. The summed E-state index contributed by atoms with van der Waals surface area (Å²) in [6.07, 6.45) is 2.63. The quantitative estimate of drug-likeness (QED) is 0.480. The summed E-state index contributed by atoms with van der Waals surface area (Å²) in [6.45, 7) is 2.16. The monoisotopic (exact) mass is 236 g/mol. The van der Waals surface area contributed by atoms with Crippen molar-refractivity contribution in [3.63, 3.8) is 0 Å². The van der Waals surface area contributed by atoms with Crippen LogP contribution < -0.4 is 0 Å². The molecule has 0 saturated carbocycles. The predicted octanol–water partition coefficient (Wildman–Crippen LogP) is 1.48. The van der Waals surface area contributed by atoms with Gasteiger partial charge in [-0.2, -0.15) is 0 Å². The largest absolute Gasteiger partial charge is 0.468 e. The molecule has 0 aliphatic heterocycles. The number of rotatable bonds is 2. The summed E-state index contributed by atoms with van der Waals surface area (Å²) in [5, 5.41) is 12.3. The molecule has 17 heavy (non-hydrogen) atoms. The van der Waals surface area contributed by atoms with Gasteiger partial charge in [0.15, 0.2) is 0 Å². The van der Waals surface area contributed by atoms with Crippen molar-refractivity contribution in [1.82, 2.24) is 4.57 Å². The molecule has 5 heteroatoms. The average molecular weight is 236 g/mol. The molecular formula is C12H16N2O3. The number of carbonyl (C=O) groups excluding carboxylic acids is 1. The maximum absolute atomic E-state index is 11.3. The first kappa shape index (κ1) is 11.7. The minimum absolute atomic E-state index is 0.219. The Morgan fingerprint density at radius 2 is 2.35 bits per heavy atom. The van der Waals surface area contributed by atoms with Crippen LogP contribution in [0.3, 0.4) is 0 Å². The second-order valence-electron chi connectivity index (χ2n) is 4.21.